The Labute approximate surface area is 119 Å². The molecule has 1 atom stereocenters. The first-order chi connectivity index (χ1) is 9.58. The van der Waals surface area contributed by atoms with E-state index in [1.807, 2.05) is 24.3 Å². The number of carbonyl (C=O) groups is 2. The molecule has 3 rings (SSSR count). The molecular formula is C13H11ClN4O2. The normalized spacial score (nSPS) is 18.9. The number of anilines is 1. The summed E-state index contributed by atoms with van der Waals surface area (Å²) in [7, 11) is 1.47. The van der Waals surface area contributed by atoms with Gasteiger partial charge in [0.2, 0.25) is 5.91 Å². The van der Waals surface area contributed by atoms with Gasteiger partial charge in [-0.3, -0.25) is 14.5 Å². The van der Waals surface area contributed by atoms with Crippen LogP contribution in [0, 0.1) is 0 Å². The molecule has 1 unspecified atom stereocenters. The number of rotatable bonds is 2. The summed E-state index contributed by atoms with van der Waals surface area (Å²) in [6.45, 7) is 0. The summed E-state index contributed by atoms with van der Waals surface area (Å²) >= 11 is 5.99. The maximum atomic E-state index is 11.9. The first-order valence-electron chi connectivity index (χ1n) is 6.06. The number of halogens is 1. The average Bonchev–Trinajstić information content (AvgIpc) is 2.70. The minimum Gasteiger partial charge on any atom is -0.356 e. The van der Waals surface area contributed by atoms with Crippen molar-refractivity contribution in [3.63, 3.8) is 0 Å². The molecule has 6 nitrogen and oxygen atoms in total. The van der Waals surface area contributed by atoms with Crippen LogP contribution >= 0.6 is 11.6 Å². The third kappa shape index (κ3) is 1.98. The highest BCUT2D eigenvalue weighted by atomic mass is 35.5. The van der Waals surface area contributed by atoms with E-state index in [2.05, 4.69) is 15.5 Å². The van der Waals surface area contributed by atoms with Crippen LogP contribution in [0.3, 0.4) is 0 Å². The summed E-state index contributed by atoms with van der Waals surface area (Å²) in [6.07, 6.45) is 0.119. The molecular weight excluding hydrogens is 280 g/mol. The maximum absolute atomic E-state index is 11.9. The Balaban J connectivity index is 1.98. The maximum Gasteiger partial charge on any atom is 0.251 e. The molecule has 20 heavy (non-hydrogen) atoms. The molecule has 1 aromatic carbocycles. The molecule has 2 amide bonds. The number of fused-ring (bicyclic) bond motifs is 1. The van der Waals surface area contributed by atoms with E-state index in [9.17, 15) is 9.59 Å². The van der Waals surface area contributed by atoms with Crippen molar-refractivity contribution in [2.24, 2.45) is 0 Å². The van der Waals surface area contributed by atoms with E-state index in [1.165, 1.54) is 7.05 Å². The van der Waals surface area contributed by atoms with Crippen molar-refractivity contribution in [3.05, 3.63) is 29.4 Å². The first kappa shape index (κ1) is 12.8. The van der Waals surface area contributed by atoms with Crippen LogP contribution in [0.15, 0.2) is 24.3 Å². The Morgan fingerprint density at radius 1 is 1.25 bits per heavy atom. The van der Waals surface area contributed by atoms with Crippen molar-refractivity contribution in [2.75, 3.05) is 12.4 Å². The molecule has 1 fully saturated rings. The summed E-state index contributed by atoms with van der Waals surface area (Å²) in [5.74, 6) is -0.0268. The fourth-order valence-corrected chi connectivity index (χ4v) is 2.41. The lowest BCUT2D eigenvalue weighted by Gasteiger charge is -2.13. The van der Waals surface area contributed by atoms with Gasteiger partial charge in [0, 0.05) is 17.8 Å². The van der Waals surface area contributed by atoms with Crippen LogP contribution in [0.25, 0.3) is 10.8 Å². The SMILES string of the molecule is CN1C(=O)CC(Nc2nnc(Cl)c3ccccc23)C1=O. The second-order valence-corrected chi connectivity index (χ2v) is 4.94. The van der Waals surface area contributed by atoms with Gasteiger partial charge in [0.05, 0.1) is 6.42 Å². The van der Waals surface area contributed by atoms with Gasteiger partial charge in [-0.05, 0) is 0 Å². The van der Waals surface area contributed by atoms with E-state index in [1.54, 1.807) is 0 Å². The molecule has 1 aliphatic heterocycles. The van der Waals surface area contributed by atoms with Gasteiger partial charge in [-0.1, -0.05) is 35.9 Å². The van der Waals surface area contributed by atoms with Gasteiger partial charge in [-0.25, -0.2) is 0 Å². The monoisotopic (exact) mass is 290 g/mol. The van der Waals surface area contributed by atoms with E-state index >= 15 is 0 Å². The summed E-state index contributed by atoms with van der Waals surface area (Å²) < 4.78 is 0. The summed E-state index contributed by atoms with van der Waals surface area (Å²) in [6, 6.07) is 6.75. The Morgan fingerprint density at radius 2 is 1.95 bits per heavy atom. The second-order valence-electron chi connectivity index (χ2n) is 4.58. The lowest BCUT2D eigenvalue weighted by atomic mass is 10.1. The second kappa shape index (κ2) is 4.72. The van der Waals surface area contributed by atoms with Crippen molar-refractivity contribution in [1.82, 2.24) is 15.1 Å². The molecule has 0 radical (unpaired) electrons. The highest BCUT2D eigenvalue weighted by Crippen LogP contribution is 2.27. The zero-order chi connectivity index (χ0) is 14.3. The lowest BCUT2D eigenvalue weighted by Crippen LogP contribution is -2.32. The van der Waals surface area contributed by atoms with Crippen molar-refractivity contribution in [1.29, 1.82) is 0 Å². The number of hydrogen-bond donors (Lipinski definition) is 1. The molecule has 1 saturated heterocycles. The predicted octanol–water partition coefficient (Wildman–Crippen LogP) is 1.45. The quantitative estimate of drug-likeness (QED) is 0.847. The Hall–Kier alpha value is -2.21. The van der Waals surface area contributed by atoms with Crippen molar-refractivity contribution >= 4 is 40.0 Å². The number of benzene rings is 1. The fourth-order valence-electron chi connectivity index (χ4n) is 2.21. The number of likely N-dealkylation sites (tertiary alicyclic amines) is 1. The van der Waals surface area contributed by atoms with Crippen LogP contribution in [0.5, 0.6) is 0 Å². The summed E-state index contributed by atoms with van der Waals surface area (Å²) in [4.78, 5) is 24.5. The van der Waals surface area contributed by atoms with E-state index in [0.29, 0.717) is 11.0 Å². The molecule has 7 heteroatoms. The number of carbonyl (C=O) groups excluding carboxylic acids is 2. The number of likely N-dealkylation sites (N-methyl/N-ethyl adjacent to an activating group) is 1. The van der Waals surface area contributed by atoms with Crippen molar-refractivity contribution < 1.29 is 9.59 Å². The van der Waals surface area contributed by atoms with Crippen LogP contribution in [-0.2, 0) is 9.59 Å². The number of nitrogens with one attached hydrogen (secondary N) is 1. The molecule has 2 aromatic rings. The third-order valence-electron chi connectivity index (χ3n) is 3.33. The van der Waals surface area contributed by atoms with Gasteiger partial charge in [-0.2, -0.15) is 0 Å². The third-order valence-corrected chi connectivity index (χ3v) is 3.61. The summed E-state index contributed by atoms with van der Waals surface area (Å²) in [5, 5.41) is 12.6. The molecule has 0 spiro atoms. The van der Waals surface area contributed by atoms with E-state index < -0.39 is 6.04 Å². The van der Waals surface area contributed by atoms with Gasteiger partial charge in [0.15, 0.2) is 11.0 Å². The molecule has 1 aliphatic rings. The van der Waals surface area contributed by atoms with Crippen LogP contribution < -0.4 is 5.32 Å². The molecule has 1 aromatic heterocycles. The topological polar surface area (TPSA) is 75.2 Å². The minimum absolute atomic E-state index is 0.119. The van der Waals surface area contributed by atoms with E-state index in [4.69, 9.17) is 11.6 Å². The van der Waals surface area contributed by atoms with Gasteiger partial charge in [0.1, 0.15) is 6.04 Å². The van der Waals surface area contributed by atoms with Crippen LogP contribution in [0.1, 0.15) is 6.42 Å². The average molecular weight is 291 g/mol. The standard InChI is InChI=1S/C13H11ClN4O2/c1-18-10(19)6-9(13(18)20)15-12-8-5-3-2-4-7(8)11(14)16-17-12/h2-5,9H,6H2,1H3,(H,15,17). The largest absolute Gasteiger partial charge is 0.356 e. The highest BCUT2D eigenvalue weighted by Gasteiger charge is 2.36. The number of hydrogen-bond acceptors (Lipinski definition) is 5. The minimum atomic E-state index is -0.605. The van der Waals surface area contributed by atoms with E-state index in [0.717, 1.165) is 15.7 Å². The van der Waals surface area contributed by atoms with E-state index in [-0.39, 0.29) is 18.2 Å². The molecule has 0 bridgehead atoms. The number of amides is 2. The van der Waals surface area contributed by atoms with Gasteiger partial charge >= 0.3 is 0 Å². The molecule has 2 heterocycles. The zero-order valence-corrected chi connectivity index (χ0v) is 11.4. The molecule has 0 saturated carbocycles. The first-order valence-corrected chi connectivity index (χ1v) is 6.43. The Bertz CT molecular complexity index is 719. The Morgan fingerprint density at radius 3 is 2.60 bits per heavy atom. The Kier molecular flexibility index (Phi) is 3.02. The summed E-state index contributed by atoms with van der Waals surface area (Å²) in [5.41, 5.74) is 0. The fraction of sp³-hybridized carbons (Fsp3) is 0.231. The number of aromatic nitrogens is 2. The van der Waals surface area contributed by atoms with Gasteiger partial charge in [-0.15, -0.1) is 10.2 Å². The number of imide groups is 1. The van der Waals surface area contributed by atoms with Crippen molar-refractivity contribution in [2.45, 2.75) is 12.5 Å². The smallest absolute Gasteiger partial charge is 0.251 e. The van der Waals surface area contributed by atoms with Crippen LogP contribution in [0.2, 0.25) is 5.15 Å². The number of nitrogens with zero attached hydrogens (tertiary/aromatic N) is 3. The van der Waals surface area contributed by atoms with Crippen molar-refractivity contribution in [3.8, 4) is 0 Å². The van der Waals surface area contributed by atoms with Crippen LogP contribution in [-0.4, -0.2) is 40.0 Å². The lowest BCUT2D eigenvalue weighted by molar-refractivity contribution is -0.136. The van der Waals surface area contributed by atoms with Gasteiger partial charge < -0.3 is 5.32 Å². The molecule has 0 aliphatic carbocycles. The predicted molar refractivity (Wildman–Crippen MR) is 74.4 cm³/mol. The van der Waals surface area contributed by atoms with Crippen LogP contribution in [0.4, 0.5) is 5.82 Å². The van der Waals surface area contributed by atoms with Gasteiger partial charge in [0.25, 0.3) is 5.91 Å². The zero-order valence-electron chi connectivity index (χ0n) is 10.6. The molecule has 1 N–H and O–H groups in total. The highest BCUT2D eigenvalue weighted by molar-refractivity contribution is 6.34. The molecule has 102 valence electrons.